The molecule has 0 aliphatic carbocycles. The Labute approximate surface area is 162 Å². The van der Waals surface area contributed by atoms with Gasteiger partial charge in [0.2, 0.25) is 10.8 Å². The van der Waals surface area contributed by atoms with Crippen LogP contribution in [0.4, 0.5) is 0 Å². The normalized spacial score (nSPS) is 19.9. The molecular weight excluding hydrogens is 368 g/mol. The molecule has 2 atom stereocenters. The third kappa shape index (κ3) is 3.10. The number of aromatic nitrogens is 3. The molecule has 4 rings (SSSR count). The lowest BCUT2D eigenvalue weighted by atomic mass is 9.95. The molecule has 3 aromatic rings. The second kappa shape index (κ2) is 7.18. The minimum atomic E-state index is -0.0787. The maximum absolute atomic E-state index is 10.9. The molecule has 0 bridgehead atoms. The van der Waals surface area contributed by atoms with Crippen LogP contribution in [0.1, 0.15) is 49.0 Å². The van der Waals surface area contributed by atoms with E-state index in [1.165, 1.54) is 17.8 Å². The molecule has 1 aliphatic heterocycles. The molecule has 1 saturated heterocycles. The van der Waals surface area contributed by atoms with E-state index >= 15 is 0 Å². The van der Waals surface area contributed by atoms with Crippen molar-refractivity contribution in [1.82, 2.24) is 19.5 Å². The molecule has 0 amide bonds. The molecule has 1 fully saturated rings. The SMILES string of the molecule is CCc1nc2sc(C(c3ccccc3Cl)N3CCCC(C)C3)c(O)n2n1. The molecule has 1 N–H and O–H groups in total. The van der Waals surface area contributed by atoms with Gasteiger partial charge < -0.3 is 5.11 Å². The summed E-state index contributed by atoms with van der Waals surface area (Å²) in [5.41, 5.74) is 1.03. The monoisotopic (exact) mass is 390 g/mol. The highest BCUT2D eigenvalue weighted by Crippen LogP contribution is 2.43. The predicted molar refractivity (Wildman–Crippen MR) is 105 cm³/mol. The average molecular weight is 391 g/mol. The molecule has 5 nitrogen and oxygen atoms in total. The highest BCUT2D eigenvalue weighted by atomic mass is 35.5. The molecule has 26 heavy (non-hydrogen) atoms. The van der Waals surface area contributed by atoms with Crippen molar-refractivity contribution in [2.24, 2.45) is 5.92 Å². The number of nitrogens with zero attached hydrogens (tertiary/aromatic N) is 4. The van der Waals surface area contributed by atoms with Gasteiger partial charge in [-0.3, -0.25) is 4.90 Å². The fraction of sp³-hybridized carbons (Fsp3) is 0.474. The first-order valence-electron chi connectivity index (χ1n) is 9.14. The van der Waals surface area contributed by atoms with Gasteiger partial charge in [-0.05, 0) is 36.9 Å². The number of halogens is 1. The predicted octanol–water partition coefficient (Wildman–Crippen LogP) is 4.53. The molecular formula is C19H23ClN4OS. The summed E-state index contributed by atoms with van der Waals surface area (Å²) in [5, 5.41) is 16.1. The molecule has 0 saturated carbocycles. The summed E-state index contributed by atoms with van der Waals surface area (Å²) in [5.74, 6) is 1.56. The van der Waals surface area contributed by atoms with Crippen molar-refractivity contribution < 1.29 is 5.11 Å². The number of hydrogen-bond acceptors (Lipinski definition) is 5. The Morgan fingerprint density at radius 3 is 2.88 bits per heavy atom. The molecule has 2 unspecified atom stereocenters. The van der Waals surface area contributed by atoms with E-state index in [0.717, 1.165) is 52.2 Å². The van der Waals surface area contributed by atoms with Crippen LogP contribution in [-0.4, -0.2) is 37.7 Å². The van der Waals surface area contributed by atoms with Gasteiger partial charge in [-0.15, -0.1) is 5.10 Å². The third-order valence-electron chi connectivity index (χ3n) is 5.06. The number of piperidine rings is 1. The van der Waals surface area contributed by atoms with Crippen LogP contribution in [0.2, 0.25) is 5.02 Å². The largest absolute Gasteiger partial charge is 0.492 e. The fourth-order valence-corrected chi connectivity index (χ4v) is 5.15. The average Bonchev–Trinajstić information content (AvgIpc) is 3.17. The molecule has 1 aliphatic rings. The summed E-state index contributed by atoms with van der Waals surface area (Å²) in [6.07, 6.45) is 3.15. The number of rotatable bonds is 4. The molecule has 0 radical (unpaired) electrons. The van der Waals surface area contributed by atoms with Crippen LogP contribution in [-0.2, 0) is 6.42 Å². The Kier molecular flexibility index (Phi) is 4.90. The van der Waals surface area contributed by atoms with Crippen LogP contribution in [0.15, 0.2) is 24.3 Å². The van der Waals surface area contributed by atoms with E-state index < -0.39 is 0 Å². The van der Waals surface area contributed by atoms with Crippen LogP contribution in [0.25, 0.3) is 4.96 Å². The molecule has 3 heterocycles. The lowest BCUT2D eigenvalue weighted by Gasteiger charge is -2.37. The Bertz CT molecular complexity index is 922. The van der Waals surface area contributed by atoms with Gasteiger partial charge in [0.05, 0.1) is 10.9 Å². The minimum Gasteiger partial charge on any atom is -0.492 e. The zero-order chi connectivity index (χ0) is 18.3. The quantitative estimate of drug-likeness (QED) is 0.710. The molecule has 2 aromatic heterocycles. The summed E-state index contributed by atoms with van der Waals surface area (Å²) >= 11 is 8.06. The lowest BCUT2D eigenvalue weighted by Crippen LogP contribution is -2.37. The summed E-state index contributed by atoms with van der Waals surface area (Å²) in [7, 11) is 0. The Morgan fingerprint density at radius 2 is 2.19 bits per heavy atom. The molecule has 138 valence electrons. The molecule has 0 spiro atoms. The van der Waals surface area contributed by atoms with E-state index in [2.05, 4.69) is 28.0 Å². The summed E-state index contributed by atoms with van der Waals surface area (Å²) in [6, 6.07) is 7.84. The Hall–Kier alpha value is -1.63. The van der Waals surface area contributed by atoms with Gasteiger partial charge in [0, 0.05) is 18.0 Å². The van der Waals surface area contributed by atoms with E-state index in [9.17, 15) is 5.11 Å². The summed E-state index contributed by atoms with van der Waals surface area (Å²) in [6.45, 7) is 6.28. The standard InChI is InChI=1S/C19H23ClN4OS/c1-3-15-21-19-24(22-15)18(25)17(26-19)16(13-8-4-5-9-14(13)20)23-10-6-7-12(2)11-23/h4-5,8-9,12,16,25H,3,6-7,10-11H2,1-2H3. The van der Waals surface area contributed by atoms with Gasteiger partial charge in [0.25, 0.3) is 0 Å². The second-order valence-electron chi connectivity index (χ2n) is 7.03. The fourth-order valence-electron chi connectivity index (χ4n) is 3.78. The molecule has 7 heteroatoms. The zero-order valence-corrected chi connectivity index (χ0v) is 16.6. The van der Waals surface area contributed by atoms with Crippen molar-refractivity contribution in [2.45, 2.75) is 39.2 Å². The topological polar surface area (TPSA) is 53.7 Å². The van der Waals surface area contributed by atoms with Crippen molar-refractivity contribution in [1.29, 1.82) is 0 Å². The highest BCUT2D eigenvalue weighted by molar-refractivity contribution is 7.17. The van der Waals surface area contributed by atoms with E-state index in [0.29, 0.717) is 5.92 Å². The van der Waals surface area contributed by atoms with E-state index in [-0.39, 0.29) is 11.9 Å². The van der Waals surface area contributed by atoms with Crippen molar-refractivity contribution in [3.63, 3.8) is 0 Å². The Balaban J connectivity index is 1.84. The van der Waals surface area contributed by atoms with Crippen molar-refractivity contribution in [3.05, 3.63) is 45.6 Å². The number of aryl methyl sites for hydroxylation is 1. The van der Waals surface area contributed by atoms with Crippen LogP contribution >= 0.6 is 22.9 Å². The third-order valence-corrected chi connectivity index (χ3v) is 6.48. The first-order chi connectivity index (χ1) is 12.6. The van der Waals surface area contributed by atoms with Crippen molar-refractivity contribution >= 4 is 27.9 Å². The van der Waals surface area contributed by atoms with Crippen molar-refractivity contribution in [2.75, 3.05) is 13.1 Å². The maximum atomic E-state index is 10.9. The first-order valence-corrected chi connectivity index (χ1v) is 10.3. The minimum absolute atomic E-state index is 0.0787. The van der Waals surface area contributed by atoms with Crippen LogP contribution in [0, 0.1) is 5.92 Å². The number of fused-ring (bicyclic) bond motifs is 1. The van der Waals surface area contributed by atoms with Gasteiger partial charge >= 0.3 is 0 Å². The van der Waals surface area contributed by atoms with E-state index in [4.69, 9.17) is 11.6 Å². The van der Waals surface area contributed by atoms with Gasteiger partial charge in [-0.25, -0.2) is 4.98 Å². The maximum Gasteiger partial charge on any atom is 0.230 e. The first kappa shape index (κ1) is 17.8. The smallest absolute Gasteiger partial charge is 0.230 e. The zero-order valence-electron chi connectivity index (χ0n) is 15.0. The van der Waals surface area contributed by atoms with Crippen molar-refractivity contribution in [3.8, 4) is 5.88 Å². The number of benzene rings is 1. The summed E-state index contributed by atoms with van der Waals surface area (Å²) < 4.78 is 1.57. The van der Waals surface area contributed by atoms with Crippen LogP contribution < -0.4 is 0 Å². The second-order valence-corrected chi connectivity index (χ2v) is 8.45. The van der Waals surface area contributed by atoms with Gasteiger partial charge in [-0.1, -0.05) is 55.0 Å². The van der Waals surface area contributed by atoms with E-state index in [1.807, 2.05) is 25.1 Å². The number of thiazole rings is 1. The Morgan fingerprint density at radius 1 is 1.38 bits per heavy atom. The van der Waals surface area contributed by atoms with Gasteiger partial charge in [-0.2, -0.15) is 4.52 Å². The van der Waals surface area contributed by atoms with Gasteiger partial charge in [0.15, 0.2) is 5.82 Å². The highest BCUT2D eigenvalue weighted by Gasteiger charge is 2.32. The van der Waals surface area contributed by atoms with Gasteiger partial charge in [0.1, 0.15) is 0 Å². The number of likely N-dealkylation sites (tertiary alicyclic amines) is 1. The van der Waals surface area contributed by atoms with Crippen LogP contribution in [0.3, 0.4) is 0 Å². The number of aromatic hydroxyl groups is 1. The summed E-state index contributed by atoms with van der Waals surface area (Å²) in [4.78, 5) is 8.56. The number of hydrogen-bond donors (Lipinski definition) is 1. The lowest BCUT2D eigenvalue weighted by molar-refractivity contribution is 0.149. The molecule has 1 aromatic carbocycles. The van der Waals surface area contributed by atoms with Crippen LogP contribution in [0.5, 0.6) is 5.88 Å². The van der Waals surface area contributed by atoms with E-state index in [1.54, 1.807) is 4.52 Å².